The molecule has 3 aromatic carbocycles. The molecule has 0 atom stereocenters. The molecule has 0 amide bonds. The van der Waals surface area contributed by atoms with Crippen LogP contribution >= 0.6 is 0 Å². The second kappa shape index (κ2) is 7.30. The zero-order valence-corrected chi connectivity index (χ0v) is 15.5. The monoisotopic (exact) mass is 369 g/mol. The minimum atomic E-state index is -3.85. The van der Waals surface area contributed by atoms with Gasteiger partial charge >= 0.3 is 0 Å². The summed E-state index contributed by atoms with van der Waals surface area (Å²) in [5.74, 6) is -0.452. The molecule has 0 aliphatic carbocycles. The SMILES string of the molecule is Cc1cccc(N(Cc2ccccc2)S(=O)(=O)c2ccc(F)cc2C)c1. The highest BCUT2D eigenvalue weighted by Gasteiger charge is 2.27. The van der Waals surface area contributed by atoms with Gasteiger partial charge in [0.1, 0.15) is 5.82 Å². The van der Waals surface area contributed by atoms with E-state index in [1.807, 2.05) is 55.5 Å². The Labute approximate surface area is 153 Å². The van der Waals surface area contributed by atoms with Crippen LogP contribution in [0.4, 0.5) is 10.1 Å². The van der Waals surface area contributed by atoms with E-state index >= 15 is 0 Å². The predicted octanol–water partition coefficient (Wildman–Crippen LogP) is 4.84. The highest BCUT2D eigenvalue weighted by Crippen LogP contribution is 2.28. The van der Waals surface area contributed by atoms with E-state index in [-0.39, 0.29) is 11.4 Å². The summed E-state index contributed by atoms with van der Waals surface area (Å²) in [6.07, 6.45) is 0. The van der Waals surface area contributed by atoms with Gasteiger partial charge in [0, 0.05) is 0 Å². The Morgan fingerprint density at radius 3 is 2.27 bits per heavy atom. The van der Waals surface area contributed by atoms with Crippen LogP contribution in [-0.2, 0) is 16.6 Å². The summed E-state index contributed by atoms with van der Waals surface area (Å²) in [6, 6.07) is 20.5. The minimum Gasteiger partial charge on any atom is -0.262 e. The summed E-state index contributed by atoms with van der Waals surface area (Å²) in [6.45, 7) is 3.72. The van der Waals surface area contributed by atoms with Crippen LogP contribution in [-0.4, -0.2) is 8.42 Å². The van der Waals surface area contributed by atoms with E-state index < -0.39 is 15.8 Å². The lowest BCUT2D eigenvalue weighted by molar-refractivity contribution is 0.588. The Bertz CT molecular complexity index is 1020. The van der Waals surface area contributed by atoms with Gasteiger partial charge in [0.15, 0.2) is 0 Å². The molecule has 5 heteroatoms. The molecule has 3 nitrogen and oxygen atoms in total. The van der Waals surface area contributed by atoms with Crippen molar-refractivity contribution < 1.29 is 12.8 Å². The maximum absolute atomic E-state index is 13.5. The molecule has 0 bridgehead atoms. The minimum absolute atomic E-state index is 0.108. The van der Waals surface area contributed by atoms with Gasteiger partial charge in [-0.05, 0) is 60.9 Å². The molecular weight excluding hydrogens is 349 g/mol. The summed E-state index contributed by atoms with van der Waals surface area (Å²) in [7, 11) is -3.85. The fourth-order valence-electron chi connectivity index (χ4n) is 2.87. The van der Waals surface area contributed by atoms with Crippen LogP contribution in [0.5, 0.6) is 0 Å². The van der Waals surface area contributed by atoms with E-state index in [1.54, 1.807) is 13.0 Å². The number of nitrogens with zero attached hydrogens (tertiary/aromatic N) is 1. The maximum atomic E-state index is 13.5. The van der Waals surface area contributed by atoms with Crippen molar-refractivity contribution in [1.82, 2.24) is 0 Å². The Hall–Kier alpha value is -2.66. The van der Waals surface area contributed by atoms with E-state index in [0.29, 0.717) is 11.3 Å². The molecule has 0 fully saturated rings. The fourth-order valence-corrected chi connectivity index (χ4v) is 4.52. The lowest BCUT2D eigenvalue weighted by Gasteiger charge is -2.26. The number of aryl methyl sites for hydroxylation is 2. The number of anilines is 1. The molecule has 0 spiro atoms. The van der Waals surface area contributed by atoms with Crippen molar-refractivity contribution in [1.29, 1.82) is 0 Å². The molecule has 0 unspecified atom stereocenters. The first-order valence-electron chi connectivity index (χ1n) is 8.27. The maximum Gasteiger partial charge on any atom is 0.264 e. The highest BCUT2D eigenvalue weighted by atomic mass is 32.2. The molecule has 3 aromatic rings. The second-order valence-electron chi connectivity index (χ2n) is 6.25. The molecule has 0 saturated heterocycles. The van der Waals surface area contributed by atoms with Crippen molar-refractivity contribution >= 4 is 15.7 Å². The third kappa shape index (κ3) is 3.78. The lowest BCUT2D eigenvalue weighted by Crippen LogP contribution is -2.31. The molecule has 0 N–H and O–H groups in total. The van der Waals surface area contributed by atoms with Gasteiger partial charge < -0.3 is 0 Å². The quantitative estimate of drug-likeness (QED) is 0.645. The molecule has 0 saturated carbocycles. The number of benzene rings is 3. The first-order valence-corrected chi connectivity index (χ1v) is 9.71. The Kier molecular flexibility index (Phi) is 5.09. The number of hydrogen-bond donors (Lipinski definition) is 0. The largest absolute Gasteiger partial charge is 0.264 e. The van der Waals surface area contributed by atoms with Crippen LogP contribution in [0.2, 0.25) is 0 Å². The zero-order chi connectivity index (χ0) is 18.7. The van der Waals surface area contributed by atoms with Crippen LogP contribution in [0, 0.1) is 19.7 Å². The van der Waals surface area contributed by atoms with E-state index in [2.05, 4.69) is 0 Å². The van der Waals surface area contributed by atoms with Gasteiger partial charge in [0.25, 0.3) is 10.0 Å². The average Bonchev–Trinajstić information content (AvgIpc) is 2.60. The van der Waals surface area contributed by atoms with Gasteiger partial charge in [-0.2, -0.15) is 0 Å². The molecular formula is C21H20FNO2S. The molecule has 3 rings (SSSR count). The van der Waals surface area contributed by atoms with Gasteiger partial charge in [0.2, 0.25) is 0 Å². The zero-order valence-electron chi connectivity index (χ0n) is 14.7. The van der Waals surface area contributed by atoms with Gasteiger partial charge in [0.05, 0.1) is 17.1 Å². The van der Waals surface area contributed by atoms with Gasteiger partial charge in [-0.1, -0.05) is 42.5 Å². The van der Waals surface area contributed by atoms with Crippen molar-refractivity contribution in [3.63, 3.8) is 0 Å². The normalized spacial score (nSPS) is 11.3. The first-order chi connectivity index (χ1) is 12.4. The topological polar surface area (TPSA) is 37.4 Å². The van der Waals surface area contributed by atoms with Crippen molar-refractivity contribution in [2.45, 2.75) is 25.3 Å². The van der Waals surface area contributed by atoms with E-state index in [4.69, 9.17) is 0 Å². The van der Waals surface area contributed by atoms with E-state index in [1.165, 1.54) is 22.5 Å². The smallest absolute Gasteiger partial charge is 0.262 e. The molecule has 0 aromatic heterocycles. The number of sulfonamides is 1. The summed E-state index contributed by atoms with van der Waals surface area (Å²) in [5, 5.41) is 0. The van der Waals surface area contributed by atoms with Crippen LogP contribution in [0.1, 0.15) is 16.7 Å². The summed E-state index contributed by atoms with van der Waals surface area (Å²) >= 11 is 0. The van der Waals surface area contributed by atoms with Crippen LogP contribution in [0.3, 0.4) is 0 Å². The molecule has 134 valence electrons. The molecule has 0 aliphatic heterocycles. The number of halogens is 1. The Balaban J connectivity index is 2.12. The molecule has 0 aliphatic rings. The molecule has 26 heavy (non-hydrogen) atoms. The lowest BCUT2D eigenvalue weighted by atomic mass is 10.2. The Morgan fingerprint density at radius 1 is 0.885 bits per heavy atom. The van der Waals surface area contributed by atoms with E-state index in [0.717, 1.165) is 11.1 Å². The third-order valence-electron chi connectivity index (χ3n) is 4.16. The van der Waals surface area contributed by atoms with Gasteiger partial charge in [-0.25, -0.2) is 12.8 Å². The van der Waals surface area contributed by atoms with Crippen molar-refractivity contribution in [3.8, 4) is 0 Å². The summed E-state index contributed by atoms with van der Waals surface area (Å²) in [4.78, 5) is 0.108. The van der Waals surface area contributed by atoms with Crippen LogP contribution in [0.25, 0.3) is 0 Å². The Morgan fingerprint density at radius 2 is 1.62 bits per heavy atom. The second-order valence-corrected chi connectivity index (χ2v) is 8.08. The molecule has 0 heterocycles. The van der Waals surface area contributed by atoms with E-state index in [9.17, 15) is 12.8 Å². The summed E-state index contributed by atoms with van der Waals surface area (Å²) in [5.41, 5.74) is 2.80. The van der Waals surface area contributed by atoms with Crippen LogP contribution in [0.15, 0.2) is 77.7 Å². The average molecular weight is 369 g/mol. The van der Waals surface area contributed by atoms with Crippen molar-refractivity contribution in [2.75, 3.05) is 4.31 Å². The highest BCUT2D eigenvalue weighted by molar-refractivity contribution is 7.92. The van der Waals surface area contributed by atoms with Crippen LogP contribution < -0.4 is 4.31 Å². The van der Waals surface area contributed by atoms with Gasteiger partial charge in [-0.15, -0.1) is 0 Å². The molecule has 0 radical (unpaired) electrons. The fraction of sp³-hybridized carbons (Fsp3) is 0.143. The number of hydrogen-bond acceptors (Lipinski definition) is 2. The predicted molar refractivity (Wildman–Crippen MR) is 102 cm³/mol. The first kappa shape index (κ1) is 18.1. The van der Waals surface area contributed by atoms with Gasteiger partial charge in [-0.3, -0.25) is 4.31 Å². The summed E-state index contributed by atoms with van der Waals surface area (Å²) < 4.78 is 41.6. The van der Waals surface area contributed by atoms with Crippen molar-refractivity contribution in [2.24, 2.45) is 0 Å². The standard InChI is InChI=1S/C21H20FNO2S/c1-16-7-6-10-20(13-16)23(15-18-8-4-3-5-9-18)26(24,25)21-12-11-19(22)14-17(21)2/h3-14H,15H2,1-2H3. The van der Waals surface area contributed by atoms with Crippen molar-refractivity contribution in [3.05, 3.63) is 95.3 Å². The number of rotatable bonds is 5. The third-order valence-corrected chi connectivity index (χ3v) is 6.10.